The van der Waals surface area contributed by atoms with Crippen molar-refractivity contribution < 1.29 is 4.42 Å². The van der Waals surface area contributed by atoms with Gasteiger partial charge in [0, 0.05) is 24.5 Å². The second-order valence-corrected chi connectivity index (χ2v) is 5.49. The van der Waals surface area contributed by atoms with Gasteiger partial charge < -0.3 is 9.73 Å². The Morgan fingerprint density at radius 3 is 2.86 bits per heavy atom. The van der Waals surface area contributed by atoms with E-state index in [1.165, 1.54) is 5.57 Å². The lowest BCUT2D eigenvalue weighted by Gasteiger charge is -2.11. The van der Waals surface area contributed by atoms with Crippen molar-refractivity contribution in [3.63, 3.8) is 0 Å². The average molecular weight is 284 g/mol. The first-order valence-corrected chi connectivity index (χ1v) is 7.62. The summed E-state index contributed by atoms with van der Waals surface area (Å²) in [6.07, 6.45) is 6.88. The van der Waals surface area contributed by atoms with E-state index in [1.54, 1.807) is 6.20 Å². The van der Waals surface area contributed by atoms with Gasteiger partial charge >= 0.3 is 0 Å². The molecule has 112 valence electrons. The van der Waals surface area contributed by atoms with Gasteiger partial charge in [-0.05, 0) is 49.2 Å². The fourth-order valence-corrected chi connectivity index (χ4v) is 2.11. The molecule has 0 aliphatic rings. The molecule has 0 unspecified atom stereocenters. The molecule has 2 rings (SSSR count). The van der Waals surface area contributed by atoms with Crippen LogP contribution in [0, 0.1) is 5.92 Å². The monoisotopic (exact) mass is 284 g/mol. The van der Waals surface area contributed by atoms with Crippen LogP contribution in [0.5, 0.6) is 0 Å². The van der Waals surface area contributed by atoms with Gasteiger partial charge in [-0.25, -0.2) is 0 Å². The number of pyridine rings is 1. The molecule has 3 nitrogen and oxygen atoms in total. The zero-order valence-corrected chi connectivity index (χ0v) is 13.1. The van der Waals surface area contributed by atoms with Gasteiger partial charge in [-0.2, -0.15) is 0 Å². The van der Waals surface area contributed by atoms with Crippen molar-refractivity contribution in [1.82, 2.24) is 10.3 Å². The van der Waals surface area contributed by atoms with Gasteiger partial charge in [-0.1, -0.05) is 26.3 Å². The van der Waals surface area contributed by atoms with Crippen LogP contribution in [0.1, 0.15) is 33.0 Å². The van der Waals surface area contributed by atoms with E-state index in [2.05, 4.69) is 37.1 Å². The number of rotatable bonds is 7. The van der Waals surface area contributed by atoms with Crippen LogP contribution in [0.25, 0.3) is 17.4 Å². The molecule has 0 saturated heterocycles. The first kappa shape index (κ1) is 15.5. The van der Waals surface area contributed by atoms with Crippen molar-refractivity contribution in [2.24, 2.45) is 5.92 Å². The lowest BCUT2D eigenvalue weighted by Crippen LogP contribution is -2.19. The predicted molar refractivity (Wildman–Crippen MR) is 87.9 cm³/mol. The number of hydrogen-bond acceptors (Lipinski definition) is 3. The Hall–Kier alpha value is -1.87. The third-order valence-corrected chi connectivity index (χ3v) is 3.40. The molecule has 2 heterocycles. The van der Waals surface area contributed by atoms with Gasteiger partial charge in [-0.3, -0.25) is 4.98 Å². The third kappa shape index (κ3) is 4.57. The van der Waals surface area contributed by atoms with Crippen molar-refractivity contribution in [2.45, 2.75) is 27.2 Å². The normalized spacial score (nSPS) is 12.1. The van der Waals surface area contributed by atoms with Crippen LogP contribution in [0.3, 0.4) is 0 Å². The first-order chi connectivity index (χ1) is 10.2. The number of nitrogens with zero attached hydrogens (tertiary/aromatic N) is 1. The van der Waals surface area contributed by atoms with Gasteiger partial charge in [0.15, 0.2) is 0 Å². The van der Waals surface area contributed by atoms with E-state index in [9.17, 15) is 0 Å². The third-order valence-electron chi connectivity index (χ3n) is 3.40. The van der Waals surface area contributed by atoms with Gasteiger partial charge in [0.2, 0.25) is 0 Å². The molecule has 0 radical (unpaired) electrons. The maximum Gasteiger partial charge on any atom is 0.136 e. The van der Waals surface area contributed by atoms with Gasteiger partial charge in [0.05, 0.1) is 0 Å². The standard InChI is InChI=1S/C18H24N2O/c1-4-9-19-13-16(14(2)3)11-17-7-8-18(21-17)15-6-5-10-20-12-15/h5-8,10-12,14,19H,4,9,13H2,1-3H3. The predicted octanol–water partition coefficient (Wildman–Crippen LogP) is 4.38. The van der Waals surface area contributed by atoms with E-state index in [1.807, 2.05) is 30.5 Å². The molecule has 0 atom stereocenters. The minimum Gasteiger partial charge on any atom is -0.457 e. The van der Waals surface area contributed by atoms with E-state index in [0.717, 1.165) is 36.6 Å². The van der Waals surface area contributed by atoms with E-state index in [0.29, 0.717) is 5.92 Å². The summed E-state index contributed by atoms with van der Waals surface area (Å²) in [6, 6.07) is 7.94. The highest BCUT2D eigenvalue weighted by Crippen LogP contribution is 2.23. The van der Waals surface area contributed by atoms with Crippen LogP contribution in [0.2, 0.25) is 0 Å². The average Bonchev–Trinajstić information content (AvgIpc) is 2.96. The van der Waals surface area contributed by atoms with Crippen molar-refractivity contribution in [1.29, 1.82) is 0 Å². The summed E-state index contributed by atoms with van der Waals surface area (Å²) in [5.41, 5.74) is 2.36. The lowest BCUT2D eigenvalue weighted by molar-refractivity contribution is 0.568. The van der Waals surface area contributed by atoms with Crippen LogP contribution in [0.4, 0.5) is 0 Å². The summed E-state index contributed by atoms with van der Waals surface area (Å²) in [5, 5.41) is 3.46. The van der Waals surface area contributed by atoms with Crippen LogP contribution < -0.4 is 5.32 Å². The van der Waals surface area contributed by atoms with Gasteiger partial charge in [0.1, 0.15) is 11.5 Å². The van der Waals surface area contributed by atoms with Crippen molar-refractivity contribution >= 4 is 6.08 Å². The van der Waals surface area contributed by atoms with E-state index < -0.39 is 0 Å². The molecule has 0 amide bonds. The Balaban J connectivity index is 2.13. The Kier molecular flexibility index (Phi) is 5.76. The minimum absolute atomic E-state index is 0.501. The number of furan rings is 1. The molecular weight excluding hydrogens is 260 g/mol. The molecule has 0 aliphatic heterocycles. The summed E-state index contributed by atoms with van der Waals surface area (Å²) in [7, 11) is 0. The quantitative estimate of drug-likeness (QED) is 0.767. The van der Waals surface area contributed by atoms with Crippen LogP contribution in [-0.4, -0.2) is 18.1 Å². The molecule has 21 heavy (non-hydrogen) atoms. The zero-order chi connectivity index (χ0) is 15.1. The number of nitrogens with one attached hydrogen (secondary N) is 1. The topological polar surface area (TPSA) is 38.1 Å². The second-order valence-electron chi connectivity index (χ2n) is 5.49. The summed E-state index contributed by atoms with van der Waals surface area (Å²) in [5.74, 6) is 2.26. The van der Waals surface area contributed by atoms with E-state index in [-0.39, 0.29) is 0 Å². The highest BCUT2D eigenvalue weighted by molar-refractivity contribution is 5.59. The molecule has 0 spiro atoms. The Morgan fingerprint density at radius 1 is 1.33 bits per heavy atom. The maximum atomic E-state index is 5.91. The lowest BCUT2D eigenvalue weighted by atomic mass is 10.0. The Labute approximate surface area is 127 Å². The fraction of sp³-hybridized carbons (Fsp3) is 0.389. The van der Waals surface area contributed by atoms with Crippen molar-refractivity contribution in [2.75, 3.05) is 13.1 Å². The maximum absolute atomic E-state index is 5.91. The molecule has 0 bridgehead atoms. The van der Waals surface area contributed by atoms with Crippen LogP contribution in [-0.2, 0) is 0 Å². The first-order valence-electron chi connectivity index (χ1n) is 7.62. The molecule has 2 aromatic rings. The van der Waals surface area contributed by atoms with E-state index in [4.69, 9.17) is 4.42 Å². The SMILES string of the molecule is CCCNCC(=Cc1ccc(-c2cccnc2)o1)C(C)C. The minimum atomic E-state index is 0.501. The molecule has 2 aromatic heterocycles. The second kappa shape index (κ2) is 7.79. The summed E-state index contributed by atoms with van der Waals surface area (Å²) in [6.45, 7) is 8.56. The molecule has 0 saturated carbocycles. The summed E-state index contributed by atoms with van der Waals surface area (Å²) < 4.78 is 5.91. The van der Waals surface area contributed by atoms with Crippen molar-refractivity contribution in [3.05, 3.63) is 48.0 Å². The molecular formula is C18H24N2O. The van der Waals surface area contributed by atoms with Gasteiger partial charge in [0.25, 0.3) is 0 Å². The largest absolute Gasteiger partial charge is 0.457 e. The highest BCUT2D eigenvalue weighted by Gasteiger charge is 2.07. The summed E-state index contributed by atoms with van der Waals surface area (Å²) >= 11 is 0. The Bertz CT molecular complexity index is 570. The number of hydrogen-bond donors (Lipinski definition) is 1. The molecule has 0 fully saturated rings. The fourth-order valence-electron chi connectivity index (χ4n) is 2.11. The van der Waals surface area contributed by atoms with Crippen LogP contribution in [0.15, 0.2) is 46.6 Å². The molecule has 0 aliphatic carbocycles. The highest BCUT2D eigenvalue weighted by atomic mass is 16.3. The number of aromatic nitrogens is 1. The Morgan fingerprint density at radius 2 is 2.19 bits per heavy atom. The molecule has 0 aromatic carbocycles. The molecule has 3 heteroatoms. The van der Waals surface area contributed by atoms with Gasteiger partial charge in [-0.15, -0.1) is 0 Å². The zero-order valence-electron chi connectivity index (χ0n) is 13.1. The summed E-state index contributed by atoms with van der Waals surface area (Å²) in [4.78, 5) is 4.12. The van der Waals surface area contributed by atoms with E-state index >= 15 is 0 Å². The van der Waals surface area contributed by atoms with Crippen LogP contribution >= 0.6 is 0 Å². The molecule has 1 N–H and O–H groups in total. The smallest absolute Gasteiger partial charge is 0.136 e. The van der Waals surface area contributed by atoms with Crippen molar-refractivity contribution in [3.8, 4) is 11.3 Å².